The molecule has 2 aromatic carbocycles. The van der Waals surface area contributed by atoms with E-state index in [2.05, 4.69) is 39.9 Å². The molecule has 0 spiro atoms. The van der Waals surface area contributed by atoms with E-state index in [1.807, 2.05) is 30.3 Å². The smallest absolute Gasteiger partial charge is 0.457 e. The second-order valence-corrected chi connectivity index (χ2v) is 13.5. The predicted molar refractivity (Wildman–Crippen MR) is 159 cm³/mol. The van der Waals surface area contributed by atoms with E-state index in [0.29, 0.717) is 35.3 Å². The van der Waals surface area contributed by atoms with Gasteiger partial charge in [-0.3, -0.25) is 9.59 Å². The van der Waals surface area contributed by atoms with Gasteiger partial charge in [-0.25, -0.2) is 0 Å². The molecular weight excluding hydrogens is 517 g/mol. The van der Waals surface area contributed by atoms with Gasteiger partial charge in [-0.1, -0.05) is 45.9 Å². The molecule has 41 heavy (non-hydrogen) atoms. The highest BCUT2D eigenvalue weighted by Gasteiger charge is 2.68. The van der Waals surface area contributed by atoms with Gasteiger partial charge < -0.3 is 24.5 Å². The molecule has 7 nitrogen and oxygen atoms in total. The van der Waals surface area contributed by atoms with Crippen LogP contribution in [-0.4, -0.2) is 47.7 Å². The number of ketones is 1. The van der Waals surface area contributed by atoms with Crippen molar-refractivity contribution in [3.63, 3.8) is 0 Å². The average Bonchev–Trinajstić information content (AvgIpc) is 3.29. The van der Waals surface area contributed by atoms with Gasteiger partial charge in [0, 0.05) is 12.0 Å². The Bertz CT molecular complexity index is 1230. The summed E-state index contributed by atoms with van der Waals surface area (Å²) in [6.07, 6.45) is 1.69. The molecule has 3 aliphatic carbocycles. The van der Waals surface area contributed by atoms with Gasteiger partial charge >= 0.3 is 7.12 Å². The fourth-order valence-corrected chi connectivity index (χ4v) is 7.24. The third kappa shape index (κ3) is 5.97. The number of carbonyl (C=O) groups excluding carboxylic acids is 2. The molecular formula is C33H44BNO6. The van der Waals surface area contributed by atoms with Gasteiger partial charge in [-0.05, 0) is 92.7 Å². The fourth-order valence-electron chi connectivity index (χ4n) is 7.24. The summed E-state index contributed by atoms with van der Waals surface area (Å²) in [7, 11) is -0.561. The number of hydrogen-bond donors (Lipinski definition) is 2. The van der Waals surface area contributed by atoms with Gasteiger partial charge in [0.25, 0.3) is 0 Å². The highest BCUT2D eigenvalue weighted by Crippen LogP contribution is 2.65. The van der Waals surface area contributed by atoms with Crippen LogP contribution in [0.4, 0.5) is 0 Å². The number of ether oxygens (including phenoxy) is 1. The molecule has 0 unspecified atom stereocenters. The van der Waals surface area contributed by atoms with Gasteiger partial charge in [0.15, 0.2) is 5.78 Å². The Morgan fingerprint density at radius 1 is 1.02 bits per heavy atom. The third-order valence-electron chi connectivity index (χ3n) is 9.83. The van der Waals surface area contributed by atoms with Crippen LogP contribution in [0.3, 0.4) is 0 Å². The van der Waals surface area contributed by atoms with Crippen molar-refractivity contribution in [1.29, 1.82) is 0 Å². The molecule has 0 aromatic heterocycles. The van der Waals surface area contributed by atoms with Crippen LogP contribution >= 0.6 is 0 Å². The van der Waals surface area contributed by atoms with Gasteiger partial charge in [-0.15, -0.1) is 0 Å². The van der Waals surface area contributed by atoms with Crippen LogP contribution in [0, 0.1) is 29.1 Å². The minimum Gasteiger partial charge on any atom is -0.457 e. The summed E-state index contributed by atoms with van der Waals surface area (Å²) in [6, 6.07) is 16.3. The van der Waals surface area contributed by atoms with E-state index in [1.165, 1.54) is 0 Å². The Kier molecular flexibility index (Phi) is 8.39. The number of carbonyl (C=O) groups is 2. The first-order valence-electron chi connectivity index (χ1n) is 15.1. The Morgan fingerprint density at radius 2 is 1.68 bits per heavy atom. The maximum atomic E-state index is 13.6. The Balaban J connectivity index is 1.24. The van der Waals surface area contributed by atoms with Gasteiger partial charge in [0.05, 0.1) is 29.7 Å². The molecule has 4 fully saturated rings. The maximum absolute atomic E-state index is 13.6. The van der Waals surface area contributed by atoms with Crippen LogP contribution < -0.4 is 10.1 Å². The first kappa shape index (κ1) is 29.8. The van der Waals surface area contributed by atoms with Crippen molar-refractivity contribution in [2.24, 2.45) is 29.1 Å². The predicted octanol–water partition coefficient (Wildman–Crippen LogP) is 5.85. The lowest BCUT2D eigenvalue weighted by molar-refractivity contribution is -0.199. The van der Waals surface area contributed by atoms with Crippen molar-refractivity contribution in [2.75, 3.05) is 0 Å². The molecule has 2 N–H and O–H groups in total. The molecule has 7 atom stereocenters. The molecule has 8 heteroatoms. The molecule has 1 saturated heterocycles. The van der Waals surface area contributed by atoms with E-state index in [9.17, 15) is 14.7 Å². The molecule has 220 valence electrons. The van der Waals surface area contributed by atoms with E-state index in [-0.39, 0.29) is 47.1 Å². The second-order valence-electron chi connectivity index (χ2n) is 13.5. The normalized spacial score (nSPS) is 28.3. The number of aliphatic hydroxyl groups is 1. The Morgan fingerprint density at radius 3 is 2.29 bits per heavy atom. The van der Waals surface area contributed by atoms with Crippen LogP contribution in [0.5, 0.6) is 11.5 Å². The summed E-state index contributed by atoms with van der Waals surface area (Å²) in [5.74, 6) is 0.808. The first-order chi connectivity index (χ1) is 19.4. The van der Waals surface area contributed by atoms with Crippen LogP contribution in [0.1, 0.15) is 77.6 Å². The number of benzene rings is 2. The number of hydrogen-bond acceptors (Lipinski definition) is 6. The van der Waals surface area contributed by atoms with Crippen molar-refractivity contribution < 1.29 is 28.7 Å². The van der Waals surface area contributed by atoms with Crippen LogP contribution in [0.15, 0.2) is 54.6 Å². The summed E-state index contributed by atoms with van der Waals surface area (Å²) in [5, 5.41) is 13.7. The largest absolute Gasteiger partial charge is 0.481 e. The Hall–Kier alpha value is -2.68. The lowest BCUT2D eigenvalue weighted by Crippen LogP contribution is -2.65. The Labute approximate surface area is 244 Å². The SMILES string of the molecule is CC(C)C[C@H](NC(=O)[C@@H](CC(=O)c1ccc(Oc2ccccc2)cc1)[C@@H](C)O)B1O[C@@H]2C[C@H]3C[C@H](C3(C)C)[C@]2(C)O1. The maximum Gasteiger partial charge on any atom is 0.481 e. The molecule has 1 aliphatic heterocycles. The monoisotopic (exact) mass is 561 g/mol. The van der Waals surface area contributed by atoms with E-state index in [4.69, 9.17) is 14.0 Å². The third-order valence-corrected chi connectivity index (χ3v) is 9.83. The van der Waals surface area contributed by atoms with Crippen molar-refractivity contribution in [3.8, 4) is 11.5 Å². The molecule has 2 bridgehead atoms. The van der Waals surface area contributed by atoms with Crippen LogP contribution in [-0.2, 0) is 14.1 Å². The van der Waals surface area contributed by atoms with E-state index < -0.39 is 19.1 Å². The molecule has 1 heterocycles. The number of para-hydroxylation sites is 1. The number of rotatable bonds is 11. The lowest BCUT2D eigenvalue weighted by Gasteiger charge is -2.64. The van der Waals surface area contributed by atoms with Gasteiger partial charge in [0.1, 0.15) is 11.5 Å². The number of amides is 1. The van der Waals surface area contributed by atoms with Crippen LogP contribution in [0.25, 0.3) is 0 Å². The molecule has 6 rings (SSSR count). The summed E-state index contributed by atoms with van der Waals surface area (Å²) in [5.41, 5.74) is 0.312. The van der Waals surface area contributed by atoms with Crippen molar-refractivity contribution in [1.82, 2.24) is 5.32 Å². The highest BCUT2D eigenvalue weighted by atomic mass is 16.7. The number of Topliss-reactive ketones (excluding diaryl/α,β-unsaturated/α-hetero) is 1. The fraction of sp³-hybridized carbons (Fsp3) is 0.576. The average molecular weight is 562 g/mol. The van der Waals surface area contributed by atoms with Crippen LogP contribution in [0.2, 0.25) is 0 Å². The first-order valence-corrected chi connectivity index (χ1v) is 15.1. The molecule has 3 saturated carbocycles. The van der Waals surface area contributed by atoms with Gasteiger partial charge in [-0.2, -0.15) is 0 Å². The summed E-state index contributed by atoms with van der Waals surface area (Å²) >= 11 is 0. The second kappa shape index (κ2) is 11.5. The van der Waals surface area contributed by atoms with E-state index in [0.717, 1.165) is 12.8 Å². The number of nitrogens with one attached hydrogen (secondary N) is 1. The zero-order valence-electron chi connectivity index (χ0n) is 25.1. The molecule has 1 amide bonds. The van der Waals surface area contributed by atoms with E-state index in [1.54, 1.807) is 31.2 Å². The summed E-state index contributed by atoms with van der Waals surface area (Å²) in [6.45, 7) is 12.6. The van der Waals surface area contributed by atoms with E-state index >= 15 is 0 Å². The molecule has 2 aromatic rings. The minimum atomic E-state index is -1.00. The zero-order valence-corrected chi connectivity index (χ0v) is 25.1. The lowest BCUT2D eigenvalue weighted by atomic mass is 9.43. The topological polar surface area (TPSA) is 94.1 Å². The molecule has 4 aliphatic rings. The van der Waals surface area contributed by atoms with Gasteiger partial charge in [0.2, 0.25) is 5.91 Å². The number of aliphatic hydroxyl groups excluding tert-OH is 1. The van der Waals surface area contributed by atoms with Crippen molar-refractivity contribution in [3.05, 3.63) is 60.2 Å². The summed E-state index contributed by atoms with van der Waals surface area (Å²) in [4.78, 5) is 26.8. The van der Waals surface area contributed by atoms with Crippen molar-refractivity contribution in [2.45, 2.75) is 91.0 Å². The highest BCUT2D eigenvalue weighted by molar-refractivity contribution is 6.47. The summed E-state index contributed by atoms with van der Waals surface area (Å²) < 4.78 is 19.0. The standard InChI is InChI=1S/C33H44BNO6/c1-20(2)16-30(34-40-29-18-23-17-28(32(23,4)5)33(29,6)41-34)35-31(38)26(21(3)36)19-27(37)22-12-14-25(15-13-22)39-24-10-8-7-9-11-24/h7-15,20-21,23,26,28-30,36H,16-19H2,1-6H3,(H,35,38)/t21-,23-,26+,28-,29-,30+,33+/m1/s1. The quantitative estimate of drug-likeness (QED) is 0.264. The molecule has 0 radical (unpaired) electrons. The minimum absolute atomic E-state index is 0.0128. The zero-order chi connectivity index (χ0) is 29.5. The van der Waals surface area contributed by atoms with Crippen molar-refractivity contribution >= 4 is 18.8 Å².